The van der Waals surface area contributed by atoms with Crippen LogP contribution in [-0.2, 0) is 4.74 Å². The maximum atomic E-state index is 13.3. The van der Waals surface area contributed by atoms with Crippen molar-refractivity contribution >= 4 is 27.7 Å². The number of nitrogens with zero attached hydrogens (tertiary/aromatic N) is 1. The summed E-state index contributed by atoms with van der Waals surface area (Å²) in [7, 11) is 0. The van der Waals surface area contributed by atoms with Crippen LogP contribution in [0.4, 0.5) is 14.9 Å². The summed E-state index contributed by atoms with van der Waals surface area (Å²) in [6.07, 6.45) is 1.17. The van der Waals surface area contributed by atoms with E-state index in [2.05, 4.69) is 29.8 Å². The molecule has 0 aromatic heterocycles. The molecule has 1 saturated heterocycles. The first-order valence-electron chi connectivity index (χ1n) is 6.36. The molecule has 21 heavy (non-hydrogen) atoms. The van der Waals surface area contributed by atoms with Gasteiger partial charge in [0.2, 0.25) is 0 Å². The molecule has 1 heterocycles. The standard InChI is InChI=1S/C10H9BrFNO3.C4H9.Li/c11-8-2-1-6(3-9(8)12)13-4-7(5-14)16-10(13)15;1-3-4-2;/h1-3,7,14H,4-5H2;1,3-4H2,2H3;/q;-1;+1/t7-;;/m1../s1. The largest absolute Gasteiger partial charge is 1.00 e. The summed E-state index contributed by atoms with van der Waals surface area (Å²) in [5.74, 6) is -0.447. The van der Waals surface area contributed by atoms with Gasteiger partial charge < -0.3 is 16.8 Å². The zero-order valence-corrected chi connectivity index (χ0v) is 13.9. The number of carbonyl (C=O) groups is 1. The molecule has 7 heteroatoms. The zero-order valence-electron chi connectivity index (χ0n) is 12.3. The molecule has 1 aliphatic rings. The maximum absolute atomic E-state index is 13.3. The third kappa shape index (κ3) is 5.99. The summed E-state index contributed by atoms with van der Waals surface area (Å²) in [6.45, 7) is 5.72. The molecule has 0 unspecified atom stereocenters. The monoisotopic (exact) mass is 353 g/mol. The molecule has 1 aromatic carbocycles. The minimum Gasteiger partial charge on any atom is -0.441 e. The number of cyclic esters (lactones) is 1. The Morgan fingerprint density at radius 3 is 2.62 bits per heavy atom. The van der Waals surface area contributed by atoms with Gasteiger partial charge >= 0.3 is 25.0 Å². The number of aliphatic hydroxyl groups excluding tert-OH is 1. The number of unbranched alkanes of at least 4 members (excludes halogenated alkanes) is 1. The number of benzene rings is 1. The average molecular weight is 354 g/mol. The second kappa shape index (κ2) is 10.2. The number of hydrogen-bond donors (Lipinski definition) is 1. The minimum atomic E-state index is -0.569. The van der Waals surface area contributed by atoms with Crippen molar-refractivity contribution in [3.8, 4) is 0 Å². The predicted molar refractivity (Wildman–Crippen MR) is 79.1 cm³/mol. The Labute approximate surface area is 145 Å². The first kappa shape index (κ1) is 20.5. The van der Waals surface area contributed by atoms with E-state index in [0.29, 0.717) is 10.2 Å². The van der Waals surface area contributed by atoms with E-state index in [1.807, 2.05) is 0 Å². The van der Waals surface area contributed by atoms with Crippen LogP contribution in [0.2, 0.25) is 0 Å². The van der Waals surface area contributed by atoms with Crippen LogP contribution in [-0.4, -0.2) is 30.5 Å². The number of anilines is 1. The van der Waals surface area contributed by atoms with Gasteiger partial charge in [0.1, 0.15) is 11.9 Å². The third-order valence-electron chi connectivity index (χ3n) is 2.65. The van der Waals surface area contributed by atoms with Crippen molar-refractivity contribution in [2.24, 2.45) is 0 Å². The summed E-state index contributed by atoms with van der Waals surface area (Å²) in [5, 5.41) is 8.86. The van der Waals surface area contributed by atoms with Gasteiger partial charge in [-0.1, -0.05) is 13.3 Å². The first-order valence-corrected chi connectivity index (χ1v) is 7.16. The molecule has 1 N–H and O–H groups in total. The van der Waals surface area contributed by atoms with Crippen LogP contribution in [0.1, 0.15) is 19.8 Å². The molecule has 0 radical (unpaired) electrons. The Morgan fingerprint density at radius 2 is 2.19 bits per heavy atom. The smallest absolute Gasteiger partial charge is 0.441 e. The molecule has 1 fully saturated rings. The SMILES string of the molecule is O=C1O[C@@H](CO)CN1c1ccc(Br)c(F)c1.[CH2-]CCC.[Li+]. The van der Waals surface area contributed by atoms with Crippen LogP contribution in [0.15, 0.2) is 22.7 Å². The van der Waals surface area contributed by atoms with E-state index in [9.17, 15) is 9.18 Å². The van der Waals surface area contributed by atoms with E-state index in [1.165, 1.54) is 23.5 Å². The Balaban J connectivity index is 0.000000715. The molecule has 1 amide bonds. The van der Waals surface area contributed by atoms with Crippen LogP contribution in [0.3, 0.4) is 0 Å². The number of rotatable bonds is 3. The van der Waals surface area contributed by atoms with Crippen molar-refractivity contribution in [1.82, 2.24) is 0 Å². The van der Waals surface area contributed by atoms with Crippen LogP contribution in [0.5, 0.6) is 0 Å². The van der Waals surface area contributed by atoms with E-state index < -0.39 is 18.0 Å². The van der Waals surface area contributed by atoms with E-state index in [-0.39, 0.29) is 32.0 Å². The van der Waals surface area contributed by atoms with Crippen LogP contribution in [0.25, 0.3) is 0 Å². The normalized spacial score (nSPS) is 16.7. The van der Waals surface area contributed by atoms with Gasteiger partial charge in [-0.15, -0.1) is 0 Å². The number of ether oxygens (including phenoxy) is 1. The van der Waals surface area contributed by atoms with Crippen molar-refractivity contribution < 1.29 is 37.9 Å². The molecule has 0 spiro atoms. The van der Waals surface area contributed by atoms with Gasteiger partial charge in [0, 0.05) is 0 Å². The van der Waals surface area contributed by atoms with Crippen LogP contribution >= 0.6 is 15.9 Å². The first-order chi connectivity index (χ1) is 9.53. The Morgan fingerprint density at radius 1 is 1.57 bits per heavy atom. The quantitative estimate of drug-likeness (QED) is 0.637. The van der Waals surface area contributed by atoms with Gasteiger partial charge in [-0.25, -0.2) is 9.18 Å². The minimum absolute atomic E-state index is 0. The maximum Gasteiger partial charge on any atom is 1.00 e. The number of halogens is 2. The number of aliphatic hydroxyl groups is 1. The molecule has 1 atom stereocenters. The van der Waals surface area contributed by atoms with Crippen molar-refractivity contribution in [2.45, 2.75) is 25.9 Å². The molecule has 0 aliphatic carbocycles. The topological polar surface area (TPSA) is 49.8 Å². The van der Waals surface area contributed by atoms with Crippen LogP contribution < -0.4 is 23.8 Å². The molecule has 1 aliphatic heterocycles. The fraction of sp³-hybridized carbons (Fsp3) is 0.429. The van der Waals surface area contributed by atoms with E-state index in [1.54, 1.807) is 6.07 Å². The Hall–Kier alpha value is -0.543. The van der Waals surface area contributed by atoms with Crippen molar-refractivity contribution in [3.05, 3.63) is 35.4 Å². The fourth-order valence-electron chi connectivity index (χ4n) is 1.48. The average Bonchev–Trinajstić information content (AvgIpc) is 2.83. The van der Waals surface area contributed by atoms with Crippen molar-refractivity contribution in [3.63, 3.8) is 0 Å². The molecule has 2 rings (SSSR count). The summed E-state index contributed by atoms with van der Waals surface area (Å²) >= 11 is 3.03. The van der Waals surface area contributed by atoms with Crippen molar-refractivity contribution in [2.75, 3.05) is 18.1 Å². The Bertz CT molecular complexity index is 460. The number of carbonyl (C=O) groups excluding carboxylic acids is 1. The molecular formula is C14H18BrFLiNO3. The van der Waals surface area contributed by atoms with Gasteiger partial charge in [0.25, 0.3) is 0 Å². The summed E-state index contributed by atoms with van der Waals surface area (Å²) in [5.41, 5.74) is 0.418. The van der Waals surface area contributed by atoms with Gasteiger partial charge in [-0.2, -0.15) is 6.42 Å². The zero-order chi connectivity index (χ0) is 15.1. The number of amides is 1. The second-order valence-corrected chi connectivity index (χ2v) is 5.11. The van der Waals surface area contributed by atoms with E-state index in [4.69, 9.17) is 9.84 Å². The van der Waals surface area contributed by atoms with Gasteiger partial charge in [-0.3, -0.25) is 4.90 Å². The van der Waals surface area contributed by atoms with Gasteiger partial charge in [-0.05, 0) is 34.1 Å². The molecule has 112 valence electrons. The second-order valence-electron chi connectivity index (χ2n) is 4.25. The van der Waals surface area contributed by atoms with Gasteiger partial charge in [0.05, 0.1) is 23.3 Å². The summed E-state index contributed by atoms with van der Waals surface area (Å²) in [4.78, 5) is 12.7. The predicted octanol–water partition coefficient (Wildman–Crippen LogP) is 0.530. The third-order valence-corrected chi connectivity index (χ3v) is 3.29. The molecule has 4 nitrogen and oxygen atoms in total. The summed E-state index contributed by atoms with van der Waals surface area (Å²) < 4.78 is 18.4. The molecule has 1 aromatic rings. The molecule has 0 saturated carbocycles. The summed E-state index contributed by atoms with van der Waals surface area (Å²) in [6, 6.07) is 4.36. The van der Waals surface area contributed by atoms with E-state index in [0.717, 1.165) is 6.42 Å². The van der Waals surface area contributed by atoms with Crippen LogP contribution in [0, 0.1) is 12.7 Å². The molecule has 0 bridgehead atoms. The number of hydrogen-bond acceptors (Lipinski definition) is 3. The Kier molecular flexibility index (Phi) is 9.96. The van der Waals surface area contributed by atoms with Gasteiger partial charge in [0.15, 0.2) is 0 Å². The van der Waals surface area contributed by atoms with E-state index >= 15 is 0 Å². The molecular weight excluding hydrogens is 336 g/mol. The van der Waals surface area contributed by atoms with Crippen molar-refractivity contribution in [1.29, 1.82) is 0 Å². The fourth-order valence-corrected chi connectivity index (χ4v) is 1.73.